The van der Waals surface area contributed by atoms with Crippen molar-refractivity contribution in [3.05, 3.63) is 33.8 Å². The molecule has 2 rings (SSSR count). The van der Waals surface area contributed by atoms with Crippen LogP contribution in [0.25, 0.3) is 0 Å². The van der Waals surface area contributed by atoms with Gasteiger partial charge in [0.05, 0.1) is 6.54 Å². The number of aliphatic imine (C=N–C) groups is 1. The number of hydrogen-bond acceptors (Lipinski definition) is 1. The van der Waals surface area contributed by atoms with Gasteiger partial charge in [0.25, 0.3) is 0 Å². The van der Waals surface area contributed by atoms with Gasteiger partial charge < -0.3 is 0 Å². The van der Waals surface area contributed by atoms with Crippen LogP contribution in [-0.4, -0.2) is 18.9 Å². The Kier molecular flexibility index (Phi) is 3.12. The molecule has 0 unspecified atom stereocenters. The van der Waals surface area contributed by atoms with Crippen molar-refractivity contribution in [2.75, 3.05) is 6.54 Å². The van der Waals surface area contributed by atoms with E-state index in [9.17, 15) is 13.2 Å². The topological polar surface area (TPSA) is 12.4 Å². The average Bonchev–Trinajstić information content (AvgIpc) is 2.64. The quantitative estimate of drug-likeness (QED) is 0.729. The van der Waals surface area contributed by atoms with E-state index < -0.39 is 11.6 Å². The van der Waals surface area contributed by atoms with Crippen LogP contribution < -0.4 is 0 Å². The minimum absolute atomic E-state index is 0.0694. The van der Waals surface area contributed by atoms with E-state index in [1.165, 1.54) is 24.4 Å². The molecule has 0 aromatic heterocycles. The van der Waals surface area contributed by atoms with E-state index in [2.05, 4.69) is 4.99 Å². The molecule has 0 N–H and O–H groups in total. The minimum Gasteiger partial charge on any atom is -0.296 e. The highest BCUT2D eigenvalue weighted by atomic mass is 35.5. The van der Waals surface area contributed by atoms with Crippen molar-refractivity contribution in [2.45, 2.75) is 18.0 Å². The van der Waals surface area contributed by atoms with Crippen molar-refractivity contribution in [3.8, 4) is 0 Å². The third kappa shape index (κ3) is 2.16. The van der Waals surface area contributed by atoms with Gasteiger partial charge in [-0.05, 0) is 23.8 Å². The molecule has 0 saturated carbocycles. The van der Waals surface area contributed by atoms with Crippen LogP contribution in [0.3, 0.4) is 0 Å². The predicted octanol–water partition coefficient (Wildman–Crippen LogP) is 4.27. The summed E-state index contributed by atoms with van der Waals surface area (Å²) in [5, 5.41) is 0.394. The lowest BCUT2D eigenvalue weighted by Crippen LogP contribution is -2.43. The zero-order valence-electron chi connectivity index (χ0n) is 8.56. The molecule has 17 heavy (non-hydrogen) atoms. The second kappa shape index (κ2) is 4.18. The van der Waals surface area contributed by atoms with E-state index in [0.717, 1.165) is 0 Å². The van der Waals surface area contributed by atoms with Crippen LogP contribution in [0.5, 0.6) is 0 Å². The van der Waals surface area contributed by atoms with Gasteiger partial charge >= 0.3 is 6.18 Å². The van der Waals surface area contributed by atoms with Crippen LogP contribution in [0.2, 0.25) is 10.0 Å². The molecule has 0 amide bonds. The van der Waals surface area contributed by atoms with Gasteiger partial charge in [-0.2, -0.15) is 13.2 Å². The average molecular weight is 282 g/mol. The molecular weight excluding hydrogens is 274 g/mol. The first-order valence-electron chi connectivity index (χ1n) is 4.87. The standard InChI is InChI=1S/C11H8Cl2F3N/c12-8-3-7(4-9(13)5-8)10(11(14,15)16)1-2-17-6-10/h2-5H,1,6H2/t10-/m1/s1. The summed E-state index contributed by atoms with van der Waals surface area (Å²) in [5.41, 5.74) is -1.92. The van der Waals surface area contributed by atoms with Gasteiger partial charge in [0.15, 0.2) is 0 Å². The lowest BCUT2D eigenvalue weighted by molar-refractivity contribution is -0.183. The molecule has 6 heteroatoms. The fourth-order valence-corrected chi connectivity index (χ4v) is 2.44. The predicted molar refractivity (Wildman–Crippen MR) is 62.2 cm³/mol. The Morgan fingerprint density at radius 3 is 2.12 bits per heavy atom. The summed E-state index contributed by atoms with van der Waals surface area (Å²) in [6.07, 6.45) is -3.26. The molecule has 0 aliphatic carbocycles. The largest absolute Gasteiger partial charge is 0.400 e. The van der Waals surface area contributed by atoms with Gasteiger partial charge in [-0.3, -0.25) is 4.99 Å². The van der Waals surface area contributed by atoms with Crippen LogP contribution in [0.1, 0.15) is 12.0 Å². The summed E-state index contributed by atoms with van der Waals surface area (Å²) < 4.78 is 39.6. The number of halogens is 5. The number of rotatable bonds is 1. The maximum absolute atomic E-state index is 13.2. The molecule has 1 atom stereocenters. The molecule has 92 valence electrons. The van der Waals surface area contributed by atoms with E-state index >= 15 is 0 Å². The van der Waals surface area contributed by atoms with Crippen molar-refractivity contribution >= 4 is 29.4 Å². The second-order valence-corrected chi connectivity index (χ2v) is 4.84. The number of hydrogen-bond donors (Lipinski definition) is 0. The summed E-state index contributed by atoms with van der Waals surface area (Å²) in [6.45, 7) is -0.312. The molecule has 1 nitrogen and oxygen atoms in total. The van der Waals surface area contributed by atoms with Crippen LogP contribution in [0.15, 0.2) is 23.2 Å². The van der Waals surface area contributed by atoms with Crippen LogP contribution in [0, 0.1) is 0 Å². The second-order valence-electron chi connectivity index (χ2n) is 3.97. The summed E-state index contributed by atoms with van der Waals surface area (Å²) in [5.74, 6) is 0. The van der Waals surface area contributed by atoms with Gasteiger partial charge in [0.1, 0.15) is 5.41 Å². The van der Waals surface area contributed by atoms with Crippen molar-refractivity contribution in [2.24, 2.45) is 4.99 Å². The zero-order chi connectivity index (χ0) is 12.7. The van der Waals surface area contributed by atoms with Gasteiger partial charge in [-0.15, -0.1) is 0 Å². The van der Waals surface area contributed by atoms with Crippen LogP contribution in [-0.2, 0) is 5.41 Å². The molecule has 1 aromatic carbocycles. The number of nitrogens with zero attached hydrogens (tertiary/aromatic N) is 1. The van der Waals surface area contributed by atoms with Crippen LogP contribution in [0.4, 0.5) is 13.2 Å². The molecule has 0 saturated heterocycles. The highest BCUT2D eigenvalue weighted by Gasteiger charge is 2.56. The molecule has 0 spiro atoms. The van der Waals surface area contributed by atoms with E-state index in [0.29, 0.717) is 0 Å². The lowest BCUT2D eigenvalue weighted by atomic mass is 9.78. The molecule has 0 radical (unpaired) electrons. The number of benzene rings is 1. The Bertz CT molecular complexity index is 440. The molecule has 1 aliphatic heterocycles. The third-order valence-corrected chi connectivity index (χ3v) is 3.32. The monoisotopic (exact) mass is 281 g/mol. The lowest BCUT2D eigenvalue weighted by Gasteiger charge is -2.31. The molecule has 1 aromatic rings. The molecular formula is C11H8Cl2F3N. The van der Waals surface area contributed by atoms with E-state index in [4.69, 9.17) is 23.2 Å². The Balaban J connectivity index is 2.54. The summed E-state index contributed by atoms with van der Waals surface area (Å²) in [7, 11) is 0. The highest BCUT2D eigenvalue weighted by molar-refractivity contribution is 6.34. The first kappa shape index (κ1) is 12.7. The fourth-order valence-electron chi connectivity index (χ4n) is 1.91. The number of alkyl halides is 3. The van der Waals surface area contributed by atoms with Gasteiger partial charge in [-0.25, -0.2) is 0 Å². The normalized spacial score (nSPS) is 24.3. The minimum atomic E-state index is -4.38. The highest BCUT2D eigenvalue weighted by Crippen LogP contribution is 2.46. The summed E-state index contributed by atoms with van der Waals surface area (Å²) in [6, 6.07) is 4.01. The Labute approximate surface area is 106 Å². The van der Waals surface area contributed by atoms with Crippen LogP contribution >= 0.6 is 23.2 Å². The maximum atomic E-state index is 13.2. The SMILES string of the molecule is FC(F)(F)[C@]1(c2cc(Cl)cc(Cl)c2)CC=NC1. The summed E-state index contributed by atoms with van der Waals surface area (Å²) in [4.78, 5) is 3.71. The molecule has 1 aliphatic rings. The zero-order valence-corrected chi connectivity index (χ0v) is 10.1. The van der Waals surface area contributed by atoms with E-state index in [1.807, 2.05) is 0 Å². The fraction of sp³-hybridized carbons (Fsp3) is 0.364. The Hall–Kier alpha value is -0.740. The van der Waals surface area contributed by atoms with Crippen molar-refractivity contribution in [1.82, 2.24) is 0 Å². The molecule has 0 bridgehead atoms. The van der Waals surface area contributed by atoms with Crippen molar-refractivity contribution in [3.63, 3.8) is 0 Å². The van der Waals surface area contributed by atoms with Crippen molar-refractivity contribution in [1.29, 1.82) is 0 Å². The van der Waals surface area contributed by atoms with Gasteiger partial charge in [0, 0.05) is 22.7 Å². The Morgan fingerprint density at radius 1 is 1.12 bits per heavy atom. The first-order valence-corrected chi connectivity index (χ1v) is 5.62. The molecule has 0 fully saturated rings. The smallest absolute Gasteiger partial charge is 0.296 e. The summed E-state index contributed by atoms with van der Waals surface area (Å²) >= 11 is 11.5. The van der Waals surface area contributed by atoms with Gasteiger partial charge in [-0.1, -0.05) is 23.2 Å². The Morgan fingerprint density at radius 2 is 1.71 bits per heavy atom. The maximum Gasteiger partial charge on any atom is 0.400 e. The van der Waals surface area contributed by atoms with E-state index in [1.54, 1.807) is 0 Å². The first-order chi connectivity index (χ1) is 7.85. The van der Waals surface area contributed by atoms with Crippen molar-refractivity contribution < 1.29 is 13.2 Å². The van der Waals surface area contributed by atoms with Gasteiger partial charge in [0.2, 0.25) is 0 Å². The third-order valence-electron chi connectivity index (χ3n) is 2.89. The molecule has 1 heterocycles. The van der Waals surface area contributed by atoms with E-state index in [-0.39, 0.29) is 28.6 Å².